The molecule has 7 nitrogen and oxygen atoms in total. The average molecular weight is 399 g/mol. The minimum Gasteiger partial charge on any atom is -0.481 e. The highest BCUT2D eigenvalue weighted by atomic mass is 16.5. The van der Waals surface area contributed by atoms with Gasteiger partial charge >= 0.3 is 5.97 Å². The number of carbonyl (C=O) groups is 2. The van der Waals surface area contributed by atoms with Gasteiger partial charge in [0.05, 0.1) is 11.4 Å². The molecule has 3 rings (SSSR count). The maximum atomic E-state index is 12.8. The van der Waals surface area contributed by atoms with Gasteiger partial charge in [-0.05, 0) is 68.9 Å². The van der Waals surface area contributed by atoms with Gasteiger partial charge in [0, 0.05) is 44.5 Å². The Balaban J connectivity index is 1.70. The zero-order chi connectivity index (χ0) is 21.0. The fourth-order valence-electron chi connectivity index (χ4n) is 3.99. The van der Waals surface area contributed by atoms with Gasteiger partial charge < -0.3 is 14.7 Å². The Bertz CT molecular complexity index is 865. The van der Waals surface area contributed by atoms with E-state index in [-0.39, 0.29) is 12.3 Å². The van der Waals surface area contributed by atoms with Gasteiger partial charge in [0.15, 0.2) is 0 Å². The summed E-state index contributed by atoms with van der Waals surface area (Å²) in [5.41, 5.74) is 4.27. The molecule has 0 atom stereocenters. The van der Waals surface area contributed by atoms with Gasteiger partial charge in [-0.2, -0.15) is 5.10 Å². The lowest BCUT2D eigenvalue weighted by molar-refractivity contribution is -0.136. The monoisotopic (exact) mass is 399 g/mol. The van der Waals surface area contributed by atoms with Crippen LogP contribution in [0.3, 0.4) is 0 Å². The minimum absolute atomic E-state index is 0.0583. The Kier molecular flexibility index (Phi) is 6.69. The second kappa shape index (κ2) is 9.22. The van der Waals surface area contributed by atoms with Crippen molar-refractivity contribution in [2.75, 3.05) is 26.8 Å². The van der Waals surface area contributed by atoms with Crippen molar-refractivity contribution in [3.8, 4) is 5.69 Å². The van der Waals surface area contributed by atoms with Crippen molar-refractivity contribution in [3.05, 3.63) is 46.8 Å². The summed E-state index contributed by atoms with van der Waals surface area (Å²) in [7, 11) is 1.72. The minimum atomic E-state index is -0.814. The lowest BCUT2D eigenvalue weighted by Gasteiger charge is -2.31. The Morgan fingerprint density at radius 3 is 2.41 bits per heavy atom. The summed E-state index contributed by atoms with van der Waals surface area (Å²) in [5.74, 6) is -0.221. The third kappa shape index (κ3) is 4.85. The van der Waals surface area contributed by atoms with Crippen LogP contribution in [0.1, 0.15) is 46.6 Å². The number of carboxylic acid groups (broad SMARTS) is 1. The van der Waals surface area contributed by atoms with Gasteiger partial charge in [-0.3, -0.25) is 9.59 Å². The van der Waals surface area contributed by atoms with Crippen molar-refractivity contribution in [2.45, 2.75) is 39.5 Å². The zero-order valence-electron chi connectivity index (χ0n) is 17.4. The third-order valence-corrected chi connectivity index (χ3v) is 5.69. The number of rotatable bonds is 7. The largest absolute Gasteiger partial charge is 0.481 e. The number of carboxylic acids is 1. The number of hydrogen-bond donors (Lipinski definition) is 1. The van der Waals surface area contributed by atoms with Crippen LogP contribution in [0.4, 0.5) is 0 Å². The first-order valence-electron chi connectivity index (χ1n) is 10.1. The van der Waals surface area contributed by atoms with Crippen molar-refractivity contribution in [1.29, 1.82) is 0 Å². The number of benzene rings is 1. The Hall–Kier alpha value is -2.67. The average Bonchev–Trinajstić information content (AvgIpc) is 3.00. The van der Waals surface area contributed by atoms with Crippen LogP contribution in [0.5, 0.6) is 0 Å². The summed E-state index contributed by atoms with van der Waals surface area (Å²) in [6.07, 6.45) is 2.50. The molecule has 1 aliphatic heterocycles. The van der Waals surface area contributed by atoms with Gasteiger partial charge in [0.1, 0.15) is 0 Å². The molecule has 1 amide bonds. The molecule has 0 spiro atoms. The van der Waals surface area contributed by atoms with Crippen LogP contribution in [-0.4, -0.2) is 58.5 Å². The molecule has 0 saturated carbocycles. The summed E-state index contributed by atoms with van der Waals surface area (Å²) in [6.45, 7) is 6.12. The molecule has 7 heteroatoms. The van der Waals surface area contributed by atoms with E-state index >= 15 is 0 Å². The van der Waals surface area contributed by atoms with Gasteiger partial charge in [-0.15, -0.1) is 0 Å². The maximum Gasteiger partial charge on any atom is 0.303 e. The van der Waals surface area contributed by atoms with Gasteiger partial charge in [0.2, 0.25) is 0 Å². The van der Waals surface area contributed by atoms with Crippen molar-refractivity contribution >= 4 is 11.9 Å². The highest BCUT2D eigenvalue weighted by Crippen LogP contribution is 2.22. The molecule has 1 aliphatic rings. The second-order valence-corrected chi connectivity index (χ2v) is 7.69. The number of methoxy groups -OCH3 is 1. The number of aliphatic carboxylic acids is 1. The molecule has 1 fully saturated rings. The number of likely N-dealkylation sites (tertiary alicyclic amines) is 1. The van der Waals surface area contributed by atoms with Crippen LogP contribution < -0.4 is 0 Å². The number of carbonyl (C=O) groups excluding carboxylic acids is 1. The molecule has 0 unspecified atom stereocenters. The van der Waals surface area contributed by atoms with E-state index in [1.165, 1.54) is 0 Å². The van der Waals surface area contributed by atoms with E-state index in [0.717, 1.165) is 55.2 Å². The van der Waals surface area contributed by atoms with E-state index in [4.69, 9.17) is 9.84 Å². The Morgan fingerprint density at radius 2 is 1.83 bits per heavy atom. The summed E-state index contributed by atoms with van der Waals surface area (Å²) in [6, 6.07) is 7.47. The number of aromatic nitrogens is 2. The lowest BCUT2D eigenvalue weighted by atomic mass is 9.97. The second-order valence-electron chi connectivity index (χ2n) is 7.69. The van der Waals surface area contributed by atoms with Crippen LogP contribution in [0.15, 0.2) is 24.3 Å². The fraction of sp³-hybridized carbons (Fsp3) is 0.500. The zero-order valence-corrected chi connectivity index (χ0v) is 17.4. The quantitative estimate of drug-likeness (QED) is 0.774. The summed E-state index contributed by atoms with van der Waals surface area (Å²) in [5, 5.41) is 13.5. The van der Waals surface area contributed by atoms with Crippen molar-refractivity contribution in [1.82, 2.24) is 14.7 Å². The van der Waals surface area contributed by atoms with Crippen LogP contribution in [0.25, 0.3) is 5.69 Å². The topological polar surface area (TPSA) is 84.7 Å². The van der Waals surface area contributed by atoms with Gasteiger partial charge in [0.25, 0.3) is 5.91 Å². The molecule has 0 radical (unpaired) electrons. The molecule has 1 N–H and O–H groups in total. The highest BCUT2D eigenvalue weighted by molar-refractivity contribution is 5.94. The standard InChI is InChI=1S/C22H29N3O4/c1-15-20(8-9-21(26)27)16(2)25(23-15)19-6-4-18(5-7-19)22(28)24-12-10-17(11-13-24)14-29-3/h4-7,17H,8-14H2,1-3H3,(H,26,27). The summed E-state index contributed by atoms with van der Waals surface area (Å²) in [4.78, 5) is 25.6. The Morgan fingerprint density at radius 1 is 1.17 bits per heavy atom. The van der Waals surface area contributed by atoms with E-state index in [0.29, 0.717) is 17.9 Å². The fourth-order valence-corrected chi connectivity index (χ4v) is 3.99. The van der Waals surface area contributed by atoms with Gasteiger partial charge in [-0.25, -0.2) is 4.68 Å². The summed E-state index contributed by atoms with van der Waals surface area (Å²) < 4.78 is 7.04. The number of amides is 1. The first kappa shape index (κ1) is 21.0. The molecule has 156 valence electrons. The normalized spacial score (nSPS) is 14.9. The Labute approximate surface area is 171 Å². The lowest BCUT2D eigenvalue weighted by Crippen LogP contribution is -2.39. The first-order valence-corrected chi connectivity index (χ1v) is 10.1. The van der Waals surface area contributed by atoms with Gasteiger partial charge in [-0.1, -0.05) is 0 Å². The molecule has 2 heterocycles. The van der Waals surface area contributed by atoms with Crippen LogP contribution in [-0.2, 0) is 16.0 Å². The first-order chi connectivity index (χ1) is 13.9. The number of ether oxygens (including phenoxy) is 1. The smallest absolute Gasteiger partial charge is 0.303 e. The van der Waals surface area contributed by atoms with Crippen LogP contribution in [0.2, 0.25) is 0 Å². The molecular formula is C22H29N3O4. The number of nitrogens with zero attached hydrogens (tertiary/aromatic N) is 3. The SMILES string of the molecule is COCC1CCN(C(=O)c2ccc(-n3nc(C)c(CCC(=O)O)c3C)cc2)CC1. The van der Waals surface area contributed by atoms with Crippen LogP contribution >= 0.6 is 0 Å². The molecule has 0 bridgehead atoms. The molecule has 29 heavy (non-hydrogen) atoms. The molecule has 2 aromatic rings. The molecule has 1 aromatic carbocycles. The summed E-state index contributed by atoms with van der Waals surface area (Å²) >= 11 is 0. The van der Waals surface area contributed by atoms with E-state index in [1.54, 1.807) is 7.11 Å². The predicted molar refractivity (Wildman–Crippen MR) is 109 cm³/mol. The maximum absolute atomic E-state index is 12.8. The van der Waals surface area contributed by atoms with E-state index < -0.39 is 5.97 Å². The van der Waals surface area contributed by atoms with Crippen LogP contribution in [0, 0.1) is 19.8 Å². The highest BCUT2D eigenvalue weighted by Gasteiger charge is 2.23. The molecule has 1 aromatic heterocycles. The molecule has 1 saturated heterocycles. The van der Waals surface area contributed by atoms with Crippen molar-refractivity contribution in [3.63, 3.8) is 0 Å². The number of piperidine rings is 1. The molecule has 0 aliphatic carbocycles. The molecular weight excluding hydrogens is 370 g/mol. The van der Waals surface area contributed by atoms with E-state index in [1.807, 2.05) is 47.7 Å². The van der Waals surface area contributed by atoms with Crippen molar-refractivity contribution in [2.24, 2.45) is 5.92 Å². The van der Waals surface area contributed by atoms with Crippen molar-refractivity contribution < 1.29 is 19.4 Å². The third-order valence-electron chi connectivity index (χ3n) is 5.69. The van der Waals surface area contributed by atoms with E-state index in [9.17, 15) is 9.59 Å². The number of hydrogen-bond acceptors (Lipinski definition) is 4. The predicted octanol–water partition coefficient (Wildman–Crippen LogP) is 3.00. The number of aryl methyl sites for hydroxylation is 1. The van der Waals surface area contributed by atoms with E-state index in [2.05, 4.69) is 5.10 Å².